The van der Waals surface area contributed by atoms with Crippen LogP contribution in [0.2, 0.25) is 0 Å². The minimum absolute atomic E-state index is 0. The maximum Gasteiger partial charge on any atom is 2.00 e. The van der Waals surface area contributed by atoms with Crippen molar-refractivity contribution < 1.29 is 81.8 Å². The average Bonchev–Trinajstić information content (AvgIpc) is 2.09. The summed E-state index contributed by atoms with van der Waals surface area (Å²) in [6.45, 7) is 0. The number of sulfone groups is 3. The first-order valence-electron chi connectivity index (χ1n) is 3.93. The van der Waals surface area contributed by atoms with Gasteiger partial charge in [-0.2, -0.15) is 39.5 Å². The van der Waals surface area contributed by atoms with Crippen LogP contribution in [-0.4, -0.2) is 41.8 Å². The summed E-state index contributed by atoms with van der Waals surface area (Å²) in [5.41, 5.74) is -21.2. The first-order valence-corrected chi connectivity index (χ1v) is 8.38. The van der Waals surface area contributed by atoms with Gasteiger partial charge in [-0.25, -0.2) is 0 Å². The number of rotatable bonds is 3. The Morgan fingerprint density at radius 1 is 0.500 bits per heavy atom. The van der Waals surface area contributed by atoms with Crippen LogP contribution in [0.1, 0.15) is 0 Å². The third-order valence-corrected chi connectivity index (χ3v) is 8.67. The number of alkyl halides is 9. The molecule has 0 amide bonds. The fraction of sp³-hybridized carbons (Fsp3) is 0.600. The van der Waals surface area contributed by atoms with Crippen molar-refractivity contribution in [1.29, 1.82) is 0 Å². The standard InChI is InChI=1S/C4F9O6S3.CH3.Fe/c5-2(6,7)20(14,15)1(21(16,17)3(8,9)10)22(18,19)4(11,12)13;;/h;1H3;/q2*-1;+2. The molecule has 0 rings (SSSR count). The molecular weight excluding hydrogens is 479 g/mol. The van der Waals surface area contributed by atoms with Crippen LogP contribution in [-0.2, 0) is 46.6 Å². The van der Waals surface area contributed by atoms with Gasteiger partial charge in [-0.1, -0.05) is 0 Å². The quantitative estimate of drug-likeness (QED) is 0.345. The molecule has 24 heavy (non-hydrogen) atoms. The molecule has 0 aromatic heterocycles. The summed E-state index contributed by atoms with van der Waals surface area (Å²) in [7, 11) is -24.1. The minimum atomic E-state index is -8.02. The summed E-state index contributed by atoms with van der Waals surface area (Å²) in [6.07, 6.45) is 0. The Bertz CT molecular complexity index is 636. The molecule has 148 valence electrons. The van der Waals surface area contributed by atoms with Crippen LogP contribution in [0.25, 0.3) is 0 Å². The Labute approximate surface area is 139 Å². The van der Waals surface area contributed by atoms with E-state index in [9.17, 15) is 64.8 Å². The molecule has 0 bridgehead atoms. The van der Waals surface area contributed by atoms with Crippen molar-refractivity contribution >= 4 is 29.5 Å². The predicted molar refractivity (Wildman–Crippen MR) is 54.6 cm³/mol. The van der Waals surface area contributed by atoms with Crippen molar-refractivity contribution in [2.24, 2.45) is 0 Å². The SMILES string of the molecule is O=S(=O)([C-](S(=O)(=O)C(F)(F)F)S(=O)(=O)C(F)(F)F)C(F)(F)F.[CH3-].[Fe+2]. The van der Waals surface area contributed by atoms with E-state index in [-0.39, 0.29) is 24.5 Å². The van der Waals surface area contributed by atoms with Crippen molar-refractivity contribution in [1.82, 2.24) is 0 Å². The normalized spacial score (nSPS) is 14.8. The monoisotopic (exact) mass is 482 g/mol. The third kappa shape index (κ3) is 4.67. The molecule has 0 aliphatic carbocycles. The summed E-state index contributed by atoms with van der Waals surface area (Å²) >= 11 is 0. The van der Waals surface area contributed by atoms with Gasteiger partial charge in [0.05, 0.1) is 3.91 Å². The van der Waals surface area contributed by atoms with Gasteiger partial charge in [0.2, 0.25) is 0 Å². The number of hydrogen-bond acceptors (Lipinski definition) is 6. The molecule has 0 unspecified atom stereocenters. The first kappa shape index (κ1) is 28.5. The molecule has 0 aromatic carbocycles. The molecule has 0 heterocycles. The topological polar surface area (TPSA) is 102 Å². The molecule has 0 aliphatic rings. The fourth-order valence-electron chi connectivity index (χ4n) is 0.717. The minimum Gasteiger partial charge on any atom is -0.358 e. The van der Waals surface area contributed by atoms with Gasteiger partial charge in [-0.3, -0.25) is 25.3 Å². The molecule has 0 N–H and O–H groups in total. The van der Waals surface area contributed by atoms with E-state index in [1.807, 2.05) is 0 Å². The van der Waals surface area contributed by atoms with Crippen molar-refractivity contribution in [3.05, 3.63) is 11.3 Å². The average molecular weight is 482 g/mol. The van der Waals surface area contributed by atoms with Crippen molar-refractivity contribution in [2.45, 2.75) is 16.5 Å². The van der Waals surface area contributed by atoms with E-state index in [4.69, 9.17) is 0 Å². The van der Waals surface area contributed by atoms with Gasteiger partial charge >= 0.3 is 33.6 Å². The maximum atomic E-state index is 12.0. The van der Waals surface area contributed by atoms with Gasteiger partial charge < -0.3 is 7.43 Å². The van der Waals surface area contributed by atoms with Gasteiger partial charge in [0.1, 0.15) is 0 Å². The molecule has 0 saturated carbocycles. The molecule has 0 fully saturated rings. The molecular formula is C5H3F9FeO6S3. The second-order valence-electron chi connectivity index (χ2n) is 3.10. The van der Waals surface area contributed by atoms with Crippen LogP contribution in [0.3, 0.4) is 0 Å². The van der Waals surface area contributed by atoms with E-state index in [1.165, 1.54) is 0 Å². The fourth-order valence-corrected chi connectivity index (χ4v) is 6.45. The van der Waals surface area contributed by atoms with Crippen LogP contribution in [0, 0.1) is 11.3 Å². The second-order valence-corrected chi connectivity index (χ2v) is 9.51. The van der Waals surface area contributed by atoms with Crippen LogP contribution < -0.4 is 0 Å². The van der Waals surface area contributed by atoms with E-state index >= 15 is 0 Å². The largest absolute Gasteiger partial charge is 2.00 e. The third-order valence-electron chi connectivity index (χ3n) is 1.57. The molecule has 0 spiro atoms. The van der Waals surface area contributed by atoms with E-state index in [0.717, 1.165) is 0 Å². The number of halogens is 9. The van der Waals surface area contributed by atoms with Gasteiger partial charge in [0, 0.05) is 0 Å². The Morgan fingerprint density at radius 2 is 0.625 bits per heavy atom. The molecule has 0 aromatic rings. The van der Waals surface area contributed by atoms with Crippen LogP contribution in [0.15, 0.2) is 0 Å². The first-order chi connectivity index (χ1) is 9.12. The summed E-state index contributed by atoms with van der Waals surface area (Å²) in [6, 6.07) is 0. The van der Waals surface area contributed by atoms with Gasteiger partial charge in [0.15, 0.2) is 29.5 Å². The Balaban J connectivity index is -0.00000220. The predicted octanol–water partition coefficient (Wildman–Crippen LogP) is 1.68. The summed E-state index contributed by atoms with van der Waals surface area (Å²) in [4.78, 5) is 0. The van der Waals surface area contributed by atoms with Gasteiger partial charge in [-0.05, 0) is 0 Å². The zero-order valence-corrected chi connectivity index (χ0v) is 14.0. The van der Waals surface area contributed by atoms with Crippen LogP contribution in [0.5, 0.6) is 0 Å². The Morgan fingerprint density at radius 3 is 0.708 bits per heavy atom. The maximum absolute atomic E-state index is 12.0. The van der Waals surface area contributed by atoms with Crippen molar-refractivity contribution in [2.75, 3.05) is 0 Å². The van der Waals surface area contributed by atoms with E-state index in [2.05, 4.69) is 0 Å². The molecule has 0 aliphatic heterocycles. The molecule has 0 radical (unpaired) electrons. The molecule has 0 atom stereocenters. The molecule has 0 saturated heterocycles. The van der Waals surface area contributed by atoms with E-state index < -0.39 is 50.0 Å². The Hall–Kier alpha value is -0.261. The van der Waals surface area contributed by atoms with E-state index in [1.54, 1.807) is 0 Å². The molecule has 6 nitrogen and oxygen atoms in total. The number of hydrogen-bond donors (Lipinski definition) is 0. The van der Waals surface area contributed by atoms with Crippen LogP contribution in [0.4, 0.5) is 39.5 Å². The summed E-state index contributed by atoms with van der Waals surface area (Å²) in [5, 5.41) is 0. The second kappa shape index (κ2) is 7.16. The zero-order valence-electron chi connectivity index (χ0n) is 10.4. The Kier molecular flexibility index (Phi) is 8.52. The van der Waals surface area contributed by atoms with Gasteiger partial charge in [0.25, 0.3) is 0 Å². The smallest absolute Gasteiger partial charge is 0.358 e. The molecule has 19 heteroatoms. The zero-order chi connectivity index (χ0) is 18.6. The van der Waals surface area contributed by atoms with Crippen molar-refractivity contribution in [3.8, 4) is 0 Å². The van der Waals surface area contributed by atoms with E-state index in [0.29, 0.717) is 0 Å². The van der Waals surface area contributed by atoms with Crippen LogP contribution >= 0.6 is 0 Å². The van der Waals surface area contributed by atoms with Crippen molar-refractivity contribution in [3.63, 3.8) is 0 Å². The summed E-state index contributed by atoms with van der Waals surface area (Å²) < 4.78 is 167. The summed E-state index contributed by atoms with van der Waals surface area (Å²) in [5.74, 6) is 0. The van der Waals surface area contributed by atoms with Gasteiger partial charge in [-0.15, -0.1) is 0 Å².